The molecule has 0 bridgehead atoms. The first-order chi connectivity index (χ1) is 15.9. The van der Waals surface area contributed by atoms with E-state index in [-0.39, 0.29) is 28.2 Å². The van der Waals surface area contributed by atoms with Crippen molar-refractivity contribution in [2.45, 2.75) is 47.8 Å². The van der Waals surface area contributed by atoms with Gasteiger partial charge in [-0.3, -0.25) is 0 Å². The van der Waals surface area contributed by atoms with Gasteiger partial charge in [0.15, 0.2) is 0 Å². The average Bonchev–Trinajstić information content (AvgIpc) is 2.80. The van der Waals surface area contributed by atoms with Gasteiger partial charge in [-0.25, -0.2) is 13.1 Å². The third-order valence-corrected chi connectivity index (χ3v) is 10.3. The van der Waals surface area contributed by atoms with Crippen molar-refractivity contribution in [3.8, 4) is 0 Å². The van der Waals surface area contributed by atoms with E-state index in [0.29, 0.717) is 13.0 Å². The maximum absolute atomic E-state index is 13.2. The van der Waals surface area contributed by atoms with Gasteiger partial charge in [0.25, 0.3) is 0 Å². The molecule has 2 N–H and O–H groups in total. The van der Waals surface area contributed by atoms with Crippen LogP contribution in [0, 0.1) is 6.92 Å². The normalized spacial score (nSPS) is 17.3. The van der Waals surface area contributed by atoms with Gasteiger partial charge in [-0.05, 0) is 55.4 Å². The number of allylic oxidation sites excluding steroid dienone is 1. The van der Waals surface area contributed by atoms with Crippen molar-refractivity contribution in [1.29, 1.82) is 0 Å². The molecule has 180 valence electrons. The molecule has 1 saturated heterocycles. The van der Waals surface area contributed by atoms with Gasteiger partial charge in [0, 0.05) is 6.04 Å². The summed E-state index contributed by atoms with van der Waals surface area (Å²) in [6.45, 7) is 2.66. The van der Waals surface area contributed by atoms with Crippen LogP contribution in [0.3, 0.4) is 0 Å². The first kappa shape index (κ1) is 26.3. The average molecular weight is 508 g/mol. The molecule has 0 spiro atoms. The number of hydrogen-bond acceptors (Lipinski definition) is 6. The topological polar surface area (TPSA) is 75.6 Å². The molecule has 1 aliphatic rings. The van der Waals surface area contributed by atoms with Gasteiger partial charge in [0.2, 0.25) is 10.0 Å². The second kappa shape index (κ2) is 13.0. The molecule has 2 aromatic rings. The van der Waals surface area contributed by atoms with Crippen molar-refractivity contribution in [1.82, 2.24) is 4.72 Å². The Morgan fingerprint density at radius 3 is 2.45 bits per heavy atom. The van der Waals surface area contributed by atoms with Crippen molar-refractivity contribution >= 4 is 33.5 Å². The molecule has 1 fully saturated rings. The standard InChI is InChI=1S/C25H33NO4S3/c1-21-10-12-24(13-11-21)33(28,29)26-23(20-30-19-22-8-3-2-4-9-22)18-25(14-5-6-15-27)31-16-7-17-32-25/h2-6,8-13,23,26-27H,7,14-20H2,1H3/b6-5+/t23-/m0/s1. The molecular weight excluding hydrogens is 474 g/mol. The highest BCUT2D eigenvalue weighted by Crippen LogP contribution is 2.48. The Morgan fingerprint density at radius 1 is 1.09 bits per heavy atom. The Balaban J connectivity index is 1.76. The third kappa shape index (κ3) is 8.46. The molecule has 2 aromatic carbocycles. The highest BCUT2D eigenvalue weighted by molar-refractivity contribution is 8.18. The summed E-state index contributed by atoms with van der Waals surface area (Å²) in [4.78, 5) is 0.263. The Kier molecular flexibility index (Phi) is 10.3. The third-order valence-electron chi connectivity index (χ3n) is 5.36. The minimum Gasteiger partial charge on any atom is -0.392 e. The van der Waals surface area contributed by atoms with E-state index in [0.717, 1.165) is 35.5 Å². The quantitative estimate of drug-likeness (QED) is 0.404. The van der Waals surface area contributed by atoms with Crippen LogP contribution in [0.5, 0.6) is 0 Å². The molecule has 0 unspecified atom stereocenters. The van der Waals surface area contributed by atoms with Crippen LogP contribution in [0.1, 0.15) is 30.4 Å². The maximum atomic E-state index is 13.2. The number of nitrogens with one attached hydrogen (secondary N) is 1. The number of benzene rings is 2. The van der Waals surface area contributed by atoms with E-state index in [4.69, 9.17) is 4.74 Å². The molecule has 0 saturated carbocycles. The van der Waals surface area contributed by atoms with Gasteiger partial charge < -0.3 is 9.84 Å². The molecule has 33 heavy (non-hydrogen) atoms. The fourth-order valence-corrected chi connectivity index (χ4v) is 8.31. The Labute approximate surface area is 206 Å². The van der Waals surface area contributed by atoms with E-state index in [1.807, 2.05) is 79.0 Å². The molecule has 0 aliphatic carbocycles. The maximum Gasteiger partial charge on any atom is 0.240 e. The summed E-state index contributed by atoms with van der Waals surface area (Å²) in [5.74, 6) is 2.09. The lowest BCUT2D eigenvalue weighted by Gasteiger charge is -2.38. The van der Waals surface area contributed by atoms with Crippen LogP contribution in [0.4, 0.5) is 0 Å². The van der Waals surface area contributed by atoms with E-state index in [9.17, 15) is 13.5 Å². The van der Waals surface area contributed by atoms with E-state index >= 15 is 0 Å². The first-order valence-electron chi connectivity index (χ1n) is 11.2. The summed E-state index contributed by atoms with van der Waals surface area (Å²) < 4.78 is 35.1. The van der Waals surface area contributed by atoms with E-state index < -0.39 is 10.0 Å². The molecular formula is C25H33NO4S3. The van der Waals surface area contributed by atoms with Crippen LogP contribution in [0.25, 0.3) is 0 Å². The highest BCUT2D eigenvalue weighted by Gasteiger charge is 2.36. The Bertz CT molecular complexity index is 972. The van der Waals surface area contributed by atoms with Crippen LogP contribution >= 0.6 is 23.5 Å². The molecule has 3 rings (SSSR count). The predicted octanol–water partition coefficient (Wildman–Crippen LogP) is 4.75. The van der Waals surface area contributed by atoms with Crippen molar-refractivity contribution in [2.75, 3.05) is 24.7 Å². The van der Waals surface area contributed by atoms with Gasteiger partial charge in [0.1, 0.15) is 0 Å². The molecule has 5 nitrogen and oxygen atoms in total. The molecule has 0 radical (unpaired) electrons. The second-order valence-corrected chi connectivity index (χ2v) is 13.1. The highest BCUT2D eigenvalue weighted by atomic mass is 32.2. The molecule has 0 amide bonds. The van der Waals surface area contributed by atoms with Gasteiger partial charge in [-0.15, -0.1) is 23.5 Å². The zero-order chi connectivity index (χ0) is 23.6. The molecule has 1 heterocycles. The predicted molar refractivity (Wildman–Crippen MR) is 139 cm³/mol. The van der Waals surface area contributed by atoms with Crippen molar-refractivity contribution in [3.63, 3.8) is 0 Å². The number of aryl methyl sites for hydroxylation is 1. The second-order valence-electron chi connectivity index (χ2n) is 8.16. The monoisotopic (exact) mass is 507 g/mol. The largest absolute Gasteiger partial charge is 0.392 e. The number of thioether (sulfide) groups is 2. The van der Waals surface area contributed by atoms with Crippen molar-refractivity contribution in [3.05, 3.63) is 77.9 Å². The van der Waals surface area contributed by atoms with Crippen LogP contribution in [0.2, 0.25) is 0 Å². The minimum absolute atomic E-state index is 0.00901. The van der Waals surface area contributed by atoms with Gasteiger partial charge in [0.05, 0.1) is 28.8 Å². The molecule has 1 aliphatic heterocycles. The number of ether oxygens (including phenoxy) is 1. The summed E-state index contributed by atoms with van der Waals surface area (Å²) in [5, 5.41) is 9.17. The Morgan fingerprint density at radius 2 is 1.79 bits per heavy atom. The summed E-state index contributed by atoms with van der Waals surface area (Å²) in [7, 11) is -3.68. The van der Waals surface area contributed by atoms with Gasteiger partial charge in [-0.1, -0.05) is 60.2 Å². The number of rotatable bonds is 12. The molecule has 1 atom stereocenters. The summed E-state index contributed by atoms with van der Waals surface area (Å²) in [6.07, 6.45) is 6.31. The summed E-state index contributed by atoms with van der Waals surface area (Å²) in [5.41, 5.74) is 2.07. The Hall–Kier alpha value is -1.29. The minimum atomic E-state index is -3.68. The lowest BCUT2D eigenvalue weighted by atomic mass is 10.1. The van der Waals surface area contributed by atoms with Crippen LogP contribution in [-0.2, 0) is 21.4 Å². The zero-order valence-corrected chi connectivity index (χ0v) is 21.4. The van der Waals surface area contributed by atoms with Crippen LogP contribution in [0.15, 0.2) is 71.6 Å². The zero-order valence-electron chi connectivity index (χ0n) is 19.0. The van der Waals surface area contributed by atoms with E-state index in [1.54, 1.807) is 18.2 Å². The number of hydrogen-bond donors (Lipinski definition) is 2. The number of aliphatic hydroxyl groups excluding tert-OH is 1. The molecule has 8 heteroatoms. The van der Waals surface area contributed by atoms with E-state index in [1.165, 1.54) is 0 Å². The van der Waals surface area contributed by atoms with Crippen molar-refractivity contribution < 1.29 is 18.3 Å². The van der Waals surface area contributed by atoms with Gasteiger partial charge >= 0.3 is 0 Å². The fourth-order valence-electron chi connectivity index (χ4n) is 3.68. The smallest absolute Gasteiger partial charge is 0.240 e. The molecule has 0 aromatic heterocycles. The lowest BCUT2D eigenvalue weighted by molar-refractivity contribution is 0.101. The number of sulfonamides is 1. The number of aliphatic hydroxyl groups is 1. The summed E-state index contributed by atoms with van der Waals surface area (Å²) >= 11 is 3.77. The van der Waals surface area contributed by atoms with Crippen molar-refractivity contribution in [2.24, 2.45) is 0 Å². The van der Waals surface area contributed by atoms with E-state index in [2.05, 4.69) is 4.72 Å². The summed E-state index contributed by atoms with van der Waals surface area (Å²) in [6, 6.07) is 16.4. The first-order valence-corrected chi connectivity index (χ1v) is 14.6. The SMILES string of the molecule is Cc1ccc(S(=O)(=O)N[C@H](COCc2ccccc2)CC2(C/C=C/CO)SCCCS2)cc1. The fraction of sp³-hybridized carbons (Fsp3) is 0.440. The van der Waals surface area contributed by atoms with Crippen LogP contribution in [-0.4, -0.2) is 48.4 Å². The lowest BCUT2D eigenvalue weighted by Crippen LogP contribution is -2.43. The van der Waals surface area contributed by atoms with Gasteiger partial charge in [-0.2, -0.15) is 0 Å². The van der Waals surface area contributed by atoms with Crippen LogP contribution < -0.4 is 4.72 Å².